The Morgan fingerprint density at radius 1 is 1.43 bits per heavy atom. The second-order valence-electron chi connectivity index (χ2n) is 3.05. The van der Waals surface area contributed by atoms with Crippen LogP contribution in [0.5, 0.6) is 5.88 Å². The van der Waals surface area contributed by atoms with Crippen LogP contribution in [-0.2, 0) is 0 Å². The average molecular weight is 231 g/mol. The minimum Gasteiger partial charge on any atom is -0.458 e. The topological polar surface area (TPSA) is 35.0 Å². The highest BCUT2D eigenvalue weighted by Gasteiger charge is 2.17. The van der Waals surface area contributed by atoms with E-state index in [0.717, 1.165) is 0 Å². The summed E-state index contributed by atoms with van der Waals surface area (Å²) in [5.41, 5.74) is -0.749. The van der Waals surface area contributed by atoms with Crippen molar-refractivity contribution in [2.45, 2.75) is 19.4 Å². The van der Waals surface area contributed by atoms with Gasteiger partial charge in [0.2, 0.25) is 11.2 Å². The van der Waals surface area contributed by atoms with E-state index in [4.69, 9.17) is 34.4 Å². The maximum absolute atomic E-state index is 5.65. The van der Waals surface area contributed by atoms with Crippen molar-refractivity contribution in [3.05, 3.63) is 16.5 Å². The van der Waals surface area contributed by atoms with Gasteiger partial charge in [0, 0.05) is 6.07 Å². The molecule has 3 nitrogen and oxygen atoms in total. The van der Waals surface area contributed by atoms with Crippen molar-refractivity contribution in [3.63, 3.8) is 0 Å². The van der Waals surface area contributed by atoms with Gasteiger partial charge in [0.25, 0.3) is 0 Å². The molecule has 0 unspecified atom stereocenters. The maximum Gasteiger partial charge on any atom is 0.227 e. The third-order valence-electron chi connectivity index (χ3n) is 1.35. The van der Waals surface area contributed by atoms with E-state index in [-0.39, 0.29) is 16.3 Å². The lowest BCUT2D eigenvalue weighted by Crippen LogP contribution is -2.26. The van der Waals surface area contributed by atoms with Gasteiger partial charge in [-0.15, -0.1) is 6.42 Å². The number of hydrogen-bond donors (Lipinski definition) is 0. The molecule has 0 saturated carbocycles. The van der Waals surface area contributed by atoms with Gasteiger partial charge in [0.15, 0.2) is 5.60 Å². The molecule has 0 radical (unpaired) electrons. The first kappa shape index (κ1) is 11.1. The number of hydrogen-bond acceptors (Lipinski definition) is 3. The summed E-state index contributed by atoms with van der Waals surface area (Å²) in [6.45, 7) is 3.47. The lowest BCUT2D eigenvalue weighted by molar-refractivity contribution is 0.164. The van der Waals surface area contributed by atoms with E-state index in [1.165, 1.54) is 6.07 Å². The Labute approximate surface area is 92.4 Å². The summed E-state index contributed by atoms with van der Waals surface area (Å²) in [6, 6.07) is 1.45. The van der Waals surface area contributed by atoms with Crippen LogP contribution in [0.3, 0.4) is 0 Å². The Morgan fingerprint density at radius 2 is 2.07 bits per heavy atom. The molecule has 0 aliphatic carbocycles. The van der Waals surface area contributed by atoms with Crippen molar-refractivity contribution in [3.8, 4) is 18.2 Å². The maximum atomic E-state index is 5.65. The monoisotopic (exact) mass is 230 g/mol. The van der Waals surface area contributed by atoms with Crippen LogP contribution >= 0.6 is 23.2 Å². The molecular formula is C9H8Cl2N2O. The van der Waals surface area contributed by atoms with Crippen molar-refractivity contribution >= 4 is 23.2 Å². The minimum atomic E-state index is -0.749. The largest absolute Gasteiger partial charge is 0.458 e. The summed E-state index contributed by atoms with van der Waals surface area (Å²) in [4.78, 5) is 7.50. The summed E-state index contributed by atoms with van der Waals surface area (Å²) in [5, 5.41) is 0.244. The number of nitrogens with zero attached hydrogens (tertiary/aromatic N) is 2. The number of rotatable bonds is 2. The molecule has 0 aliphatic rings. The smallest absolute Gasteiger partial charge is 0.227 e. The molecule has 0 fully saturated rings. The molecule has 1 aromatic heterocycles. The SMILES string of the molecule is C#CC(C)(C)Oc1cc(Cl)nc(Cl)n1. The summed E-state index contributed by atoms with van der Waals surface area (Å²) in [7, 11) is 0. The molecule has 0 spiro atoms. The Bertz CT molecular complexity index is 365. The minimum absolute atomic E-state index is 0.0281. The molecule has 0 aliphatic heterocycles. The Balaban J connectivity index is 2.94. The predicted octanol–water partition coefficient (Wildman–Crippen LogP) is 2.57. The lowest BCUT2D eigenvalue weighted by Gasteiger charge is -2.18. The van der Waals surface area contributed by atoms with Crippen LogP contribution in [0.1, 0.15) is 13.8 Å². The van der Waals surface area contributed by atoms with Crippen LogP contribution in [0, 0.1) is 12.3 Å². The first-order chi connectivity index (χ1) is 6.43. The van der Waals surface area contributed by atoms with Gasteiger partial charge < -0.3 is 4.74 Å². The summed E-state index contributed by atoms with van der Waals surface area (Å²) in [5.74, 6) is 2.72. The molecule has 0 amide bonds. The van der Waals surface area contributed by atoms with Crippen molar-refractivity contribution in [2.75, 3.05) is 0 Å². The van der Waals surface area contributed by atoms with Crippen molar-refractivity contribution in [1.82, 2.24) is 9.97 Å². The van der Waals surface area contributed by atoms with Crippen LogP contribution in [0.15, 0.2) is 6.07 Å². The lowest BCUT2D eigenvalue weighted by atomic mass is 10.1. The first-order valence-electron chi connectivity index (χ1n) is 3.80. The number of terminal acetylenes is 1. The molecule has 74 valence electrons. The van der Waals surface area contributed by atoms with Crippen molar-refractivity contribution < 1.29 is 4.74 Å². The van der Waals surface area contributed by atoms with E-state index < -0.39 is 5.60 Å². The van der Waals surface area contributed by atoms with Gasteiger partial charge in [-0.05, 0) is 25.4 Å². The highest BCUT2D eigenvalue weighted by molar-refractivity contribution is 6.31. The number of aromatic nitrogens is 2. The molecule has 0 bridgehead atoms. The fraction of sp³-hybridized carbons (Fsp3) is 0.333. The molecular weight excluding hydrogens is 223 g/mol. The molecule has 0 saturated heterocycles. The van der Waals surface area contributed by atoms with E-state index in [2.05, 4.69) is 15.9 Å². The fourth-order valence-electron chi connectivity index (χ4n) is 0.714. The third-order valence-corrected chi connectivity index (χ3v) is 1.71. The second kappa shape index (κ2) is 4.04. The van der Waals surface area contributed by atoms with E-state index in [1.54, 1.807) is 13.8 Å². The Hall–Kier alpha value is -0.980. The third kappa shape index (κ3) is 3.06. The van der Waals surface area contributed by atoms with Crippen LogP contribution in [-0.4, -0.2) is 15.6 Å². The van der Waals surface area contributed by atoms with Gasteiger partial charge in [-0.2, -0.15) is 4.98 Å². The van der Waals surface area contributed by atoms with Gasteiger partial charge in [0.05, 0.1) is 0 Å². The zero-order chi connectivity index (χ0) is 10.8. The predicted molar refractivity (Wildman–Crippen MR) is 55.6 cm³/mol. The van der Waals surface area contributed by atoms with Gasteiger partial charge in [0.1, 0.15) is 5.15 Å². The second-order valence-corrected chi connectivity index (χ2v) is 3.78. The number of halogens is 2. The molecule has 0 aromatic carbocycles. The van der Waals surface area contributed by atoms with Gasteiger partial charge >= 0.3 is 0 Å². The van der Waals surface area contributed by atoms with Crippen LogP contribution in [0.25, 0.3) is 0 Å². The van der Waals surface area contributed by atoms with Crippen molar-refractivity contribution in [2.24, 2.45) is 0 Å². The normalized spacial score (nSPS) is 10.8. The van der Waals surface area contributed by atoms with Gasteiger partial charge in [-0.1, -0.05) is 17.5 Å². The molecule has 0 atom stereocenters. The standard InChI is InChI=1S/C9H8Cl2N2O/c1-4-9(2,3)14-7-5-6(10)12-8(11)13-7/h1,5H,2-3H3. The highest BCUT2D eigenvalue weighted by Crippen LogP contribution is 2.20. The first-order valence-corrected chi connectivity index (χ1v) is 4.55. The molecule has 5 heteroatoms. The van der Waals surface area contributed by atoms with Crippen LogP contribution < -0.4 is 4.74 Å². The molecule has 14 heavy (non-hydrogen) atoms. The summed E-state index contributed by atoms with van der Waals surface area (Å²) in [6.07, 6.45) is 5.25. The molecule has 1 aromatic rings. The average Bonchev–Trinajstić information content (AvgIpc) is 2.01. The zero-order valence-corrected chi connectivity index (χ0v) is 9.23. The summed E-state index contributed by atoms with van der Waals surface area (Å²) < 4.78 is 5.36. The Kier molecular flexibility index (Phi) is 3.20. The fourth-order valence-corrected chi connectivity index (χ4v) is 1.10. The van der Waals surface area contributed by atoms with E-state index in [0.29, 0.717) is 0 Å². The van der Waals surface area contributed by atoms with E-state index >= 15 is 0 Å². The van der Waals surface area contributed by atoms with E-state index in [1.807, 2.05) is 0 Å². The molecule has 0 N–H and O–H groups in total. The molecule has 1 rings (SSSR count). The van der Waals surface area contributed by atoms with Crippen LogP contribution in [0.4, 0.5) is 0 Å². The van der Waals surface area contributed by atoms with Crippen molar-refractivity contribution in [1.29, 1.82) is 0 Å². The van der Waals surface area contributed by atoms with E-state index in [9.17, 15) is 0 Å². The zero-order valence-electron chi connectivity index (χ0n) is 7.71. The quantitative estimate of drug-likeness (QED) is 0.445. The number of ether oxygens (including phenoxy) is 1. The van der Waals surface area contributed by atoms with Gasteiger partial charge in [-0.3, -0.25) is 0 Å². The highest BCUT2D eigenvalue weighted by atomic mass is 35.5. The van der Waals surface area contributed by atoms with Crippen LogP contribution in [0.2, 0.25) is 10.4 Å². The summed E-state index contributed by atoms with van der Waals surface area (Å²) >= 11 is 11.2. The molecule has 1 heterocycles. The Morgan fingerprint density at radius 3 is 2.57 bits per heavy atom. The van der Waals surface area contributed by atoms with Gasteiger partial charge in [-0.25, -0.2) is 4.98 Å².